The first-order valence-corrected chi connectivity index (χ1v) is 6.50. The number of aliphatic carboxylic acids is 1. The number of aryl methyl sites for hydroxylation is 1. The van der Waals surface area contributed by atoms with Gasteiger partial charge in [0.2, 0.25) is 0 Å². The third kappa shape index (κ3) is 4.84. The summed E-state index contributed by atoms with van der Waals surface area (Å²) in [6, 6.07) is 3.52. The maximum Gasteiger partial charge on any atom is 0.320 e. The third-order valence-corrected chi connectivity index (χ3v) is 3.21. The molecule has 18 heavy (non-hydrogen) atoms. The average Bonchev–Trinajstić information content (AvgIpc) is 2.38. The lowest BCUT2D eigenvalue weighted by Gasteiger charge is -2.20. The maximum atomic E-state index is 11.1. The number of nitrogens with zero attached hydrogens (tertiary/aromatic N) is 1. The number of carboxylic acid groups (broad SMARTS) is 1. The molecule has 0 aliphatic rings. The molecule has 1 heterocycles. The fourth-order valence-corrected chi connectivity index (χ4v) is 1.86. The van der Waals surface area contributed by atoms with Crippen LogP contribution in [0.25, 0.3) is 0 Å². The number of rotatable bonds is 8. The Morgan fingerprint density at radius 1 is 1.56 bits per heavy atom. The van der Waals surface area contributed by atoms with Crippen molar-refractivity contribution in [1.29, 1.82) is 0 Å². The van der Waals surface area contributed by atoms with Gasteiger partial charge >= 0.3 is 5.97 Å². The van der Waals surface area contributed by atoms with Gasteiger partial charge in [0.15, 0.2) is 0 Å². The maximum absolute atomic E-state index is 11.1. The van der Waals surface area contributed by atoms with E-state index >= 15 is 0 Å². The Morgan fingerprint density at radius 2 is 2.33 bits per heavy atom. The molecule has 100 valence electrons. The molecule has 1 aromatic heterocycles. The smallest absolute Gasteiger partial charge is 0.320 e. The van der Waals surface area contributed by atoms with E-state index in [9.17, 15) is 4.79 Å². The van der Waals surface area contributed by atoms with Gasteiger partial charge in [-0.3, -0.25) is 9.78 Å². The van der Waals surface area contributed by atoms with Crippen LogP contribution in [0.3, 0.4) is 0 Å². The zero-order chi connectivity index (χ0) is 13.4. The van der Waals surface area contributed by atoms with Gasteiger partial charge in [0.1, 0.15) is 6.04 Å². The van der Waals surface area contributed by atoms with Crippen molar-refractivity contribution in [1.82, 2.24) is 10.3 Å². The predicted molar refractivity (Wildman–Crippen MR) is 71.4 cm³/mol. The van der Waals surface area contributed by atoms with E-state index in [1.807, 2.05) is 32.2 Å². The number of nitrogens with one attached hydrogen (secondary N) is 1. The van der Waals surface area contributed by atoms with Crippen molar-refractivity contribution in [2.45, 2.75) is 39.2 Å². The molecule has 0 aliphatic carbocycles. The standard InChI is InChI=1S/C14H22N2O2/c1-3-11(2)13(14(17)18)16-9-5-7-12-6-4-8-15-10-12/h4,6,8,10-11,13,16H,3,5,7,9H2,1-2H3,(H,17,18). The number of aromatic nitrogens is 1. The quantitative estimate of drug-likeness (QED) is 0.694. The van der Waals surface area contributed by atoms with E-state index in [0.717, 1.165) is 25.8 Å². The van der Waals surface area contributed by atoms with Crippen molar-refractivity contribution in [3.05, 3.63) is 30.1 Å². The van der Waals surface area contributed by atoms with Crippen molar-refractivity contribution in [2.75, 3.05) is 6.54 Å². The normalized spacial score (nSPS) is 14.1. The Bertz CT molecular complexity index is 354. The highest BCUT2D eigenvalue weighted by atomic mass is 16.4. The minimum atomic E-state index is -0.759. The zero-order valence-corrected chi connectivity index (χ0v) is 11.1. The van der Waals surface area contributed by atoms with Crippen molar-refractivity contribution in [2.24, 2.45) is 5.92 Å². The van der Waals surface area contributed by atoms with Gasteiger partial charge in [-0.25, -0.2) is 0 Å². The Balaban J connectivity index is 2.29. The van der Waals surface area contributed by atoms with Crippen LogP contribution in [0.5, 0.6) is 0 Å². The Labute approximate surface area is 108 Å². The first kappa shape index (κ1) is 14.6. The second kappa shape index (κ2) is 7.82. The van der Waals surface area contributed by atoms with Crippen LogP contribution in [0.1, 0.15) is 32.3 Å². The van der Waals surface area contributed by atoms with Crippen molar-refractivity contribution in [3.63, 3.8) is 0 Å². The monoisotopic (exact) mass is 250 g/mol. The molecule has 0 radical (unpaired) electrons. The summed E-state index contributed by atoms with van der Waals surface area (Å²) in [7, 11) is 0. The molecule has 0 aromatic carbocycles. The zero-order valence-electron chi connectivity index (χ0n) is 11.1. The molecule has 2 atom stereocenters. The minimum Gasteiger partial charge on any atom is -0.480 e. The fourth-order valence-electron chi connectivity index (χ4n) is 1.86. The molecule has 0 aliphatic heterocycles. The lowest BCUT2D eigenvalue weighted by molar-refractivity contribution is -0.140. The Kier molecular flexibility index (Phi) is 6.36. The molecular weight excluding hydrogens is 228 g/mol. The number of carboxylic acids is 1. The van der Waals surface area contributed by atoms with Crippen LogP contribution < -0.4 is 5.32 Å². The molecule has 2 unspecified atom stereocenters. The molecule has 0 spiro atoms. The number of hydrogen-bond acceptors (Lipinski definition) is 3. The highest BCUT2D eigenvalue weighted by Crippen LogP contribution is 2.08. The van der Waals surface area contributed by atoms with E-state index < -0.39 is 12.0 Å². The third-order valence-electron chi connectivity index (χ3n) is 3.21. The van der Waals surface area contributed by atoms with Gasteiger partial charge in [0.25, 0.3) is 0 Å². The first-order chi connectivity index (χ1) is 8.65. The molecule has 0 fully saturated rings. The summed E-state index contributed by atoms with van der Waals surface area (Å²) in [6.45, 7) is 4.70. The summed E-state index contributed by atoms with van der Waals surface area (Å²) in [6.07, 6.45) is 6.32. The Morgan fingerprint density at radius 3 is 2.89 bits per heavy atom. The number of hydrogen-bond donors (Lipinski definition) is 2. The van der Waals surface area contributed by atoms with Crippen LogP contribution >= 0.6 is 0 Å². The molecule has 4 nitrogen and oxygen atoms in total. The van der Waals surface area contributed by atoms with Gasteiger partial charge in [-0.1, -0.05) is 26.3 Å². The molecule has 2 N–H and O–H groups in total. The summed E-state index contributed by atoms with van der Waals surface area (Å²) in [4.78, 5) is 15.1. The highest BCUT2D eigenvalue weighted by molar-refractivity contribution is 5.73. The topological polar surface area (TPSA) is 62.2 Å². The van der Waals surface area contributed by atoms with Gasteiger partial charge < -0.3 is 10.4 Å². The summed E-state index contributed by atoms with van der Waals surface area (Å²) < 4.78 is 0. The molecule has 0 amide bonds. The van der Waals surface area contributed by atoms with Gasteiger partial charge in [-0.15, -0.1) is 0 Å². The van der Waals surface area contributed by atoms with Crippen LogP contribution in [-0.2, 0) is 11.2 Å². The summed E-state index contributed by atoms with van der Waals surface area (Å²) >= 11 is 0. The van der Waals surface area contributed by atoms with E-state index in [4.69, 9.17) is 5.11 Å². The predicted octanol–water partition coefficient (Wildman–Crippen LogP) is 2.10. The van der Waals surface area contributed by atoms with Gasteiger partial charge in [0, 0.05) is 12.4 Å². The summed E-state index contributed by atoms with van der Waals surface area (Å²) in [5.41, 5.74) is 1.19. The number of pyridine rings is 1. The summed E-state index contributed by atoms with van der Waals surface area (Å²) in [5, 5.41) is 12.2. The van der Waals surface area contributed by atoms with Gasteiger partial charge in [0.05, 0.1) is 0 Å². The highest BCUT2D eigenvalue weighted by Gasteiger charge is 2.22. The van der Waals surface area contributed by atoms with Crippen LogP contribution in [0.2, 0.25) is 0 Å². The fraction of sp³-hybridized carbons (Fsp3) is 0.571. The first-order valence-electron chi connectivity index (χ1n) is 6.50. The van der Waals surface area contributed by atoms with Crippen molar-refractivity contribution in [3.8, 4) is 0 Å². The molecule has 1 rings (SSSR count). The average molecular weight is 250 g/mol. The Hall–Kier alpha value is -1.42. The lowest BCUT2D eigenvalue weighted by atomic mass is 9.99. The van der Waals surface area contributed by atoms with E-state index in [-0.39, 0.29) is 5.92 Å². The minimum absolute atomic E-state index is 0.154. The van der Waals surface area contributed by atoms with Crippen LogP contribution in [0.15, 0.2) is 24.5 Å². The molecule has 0 saturated carbocycles. The van der Waals surface area contributed by atoms with Crippen molar-refractivity contribution < 1.29 is 9.90 Å². The van der Waals surface area contributed by atoms with Crippen LogP contribution in [0.4, 0.5) is 0 Å². The largest absolute Gasteiger partial charge is 0.480 e. The van der Waals surface area contributed by atoms with E-state index in [0.29, 0.717) is 0 Å². The number of carbonyl (C=O) groups is 1. The lowest BCUT2D eigenvalue weighted by Crippen LogP contribution is -2.42. The molecule has 0 saturated heterocycles. The second-order valence-electron chi connectivity index (χ2n) is 4.62. The molecule has 1 aromatic rings. The second-order valence-corrected chi connectivity index (χ2v) is 4.62. The summed E-state index contributed by atoms with van der Waals surface area (Å²) in [5.74, 6) is -0.605. The van der Waals surface area contributed by atoms with Crippen molar-refractivity contribution >= 4 is 5.97 Å². The van der Waals surface area contributed by atoms with E-state index in [1.165, 1.54) is 5.56 Å². The van der Waals surface area contributed by atoms with E-state index in [2.05, 4.69) is 10.3 Å². The van der Waals surface area contributed by atoms with Crippen LogP contribution in [0, 0.1) is 5.92 Å². The van der Waals surface area contributed by atoms with E-state index in [1.54, 1.807) is 6.20 Å². The SMILES string of the molecule is CCC(C)C(NCCCc1cccnc1)C(=O)O. The molecule has 4 heteroatoms. The molecule has 0 bridgehead atoms. The van der Waals surface area contributed by atoms with Crippen LogP contribution in [-0.4, -0.2) is 28.6 Å². The van der Waals surface area contributed by atoms with Gasteiger partial charge in [-0.2, -0.15) is 0 Å². The molecular formula is C14H22N2O2. The van der Waals surface area contributed by atoms with Gasteiger partial charge in [-0.05, 0) is 36.9 Å².